The SMILES string of the molecule is COC(=O)C[C@@H]1C[C@@H](COc2ccc(-c3ccc(C(=N)N)cc3)cc2[N+](=O)[O-])N(C(=O)c2cccnc2)C1.Cl. The summed E-state index contributed by atoms with van der Waals surface area (Å²) in [6.45, 7) is 0.339. The van der Waals surface area contributed by atoms with E-state index in [1.54, 1.807) is 53.6 Å². The quantitative estimate of drug-likeness (QED) is 0.133. The molecule has 2 heterocycles. The number of carbonyl (C=O) groups excluding carboxylic acids is 2. The van der Waals surface area contributed by atoms with Crippen molar-refractivity contribution in [3.05, 3.63) is 88.2 Å². The molecule has 0 spiro atoms. The van der Waals surface area contributed by atoms with Crippen molar-refractivity contribution in [3.63, 3.8) is 0 Å². The molecule has 0 unspecified atom stereocenters. The van der Waals surface area contributed by atoms with Crippen LogP contribution in [0.1, 0.15) is 28.8 Å². The molecule has 0 bridgehead atoms. The molecule has 0 radical (unpaired) electrons. The number of halogens is 1. The molecule has 0 aliphatic carbocycles. The van der Waals surface area contributed by atoms with Gasteiger partial charge in [-0.2, -0.15) is 0 Å². The molecule has 1 aliphatic rings. The van der Waals surface area contributed by atoms with Crippen molar-refractivity contribution in [2.45, 2.75) is 18.9 Å². The molecule has 1 aromatic heterocycles. The lowest BCUT2D eigenvalue weighted by Crippen LogP contribution is -2.39. The van der Waals surface area contributed by atoms with Gasteiger partial charge in [0.1, 0.15) is 12.4 Å². The molecule has 1 fully saturated rings. The molecule has 1 aliphatic heterocycles. The van der Waals surface area contributed by atoms with E-state index in [0.29, 0.717) is 29.7 Å². The number of amides is 1. The number of rotatable bonds is 9. The molecule has 3 aromatic rings. The van der Waals surface area contributed by atoms with Gasteiger partial charge in [-0.1, -0.05) is 30.3 Å². The highest BCUT2D eigenvalue weighted by Crippen LogP contribution is 2.34. The summed E-state index contributed by atoms with van der Waals surface area (Å²) >= 11 is 0. The number of aromatic nitrogens is 1. The van der Waals surface area contributed by atoms with E-state index < -0.39 is 11.0 Å². The summed E-state index contributed by atoms with van der Waals surface area (Å²) in [5, 5.41) is 19.4. The Hall–Kier alpha value is -4.51. The van der Waals surface area contributed by atoms with E-state index in [4.69, 9.17) is 20.6 Å². The predicted molar refractivity (Wildman–Crippen MR) is 146 cm³/mol. The second-order valence-corrected chi connectivity index (χ2v) is 8.98. The fraction of sp³-hybridized carbons (Fsp3) is 0.259. The number of nitrogens with zero attached hydrogens (tertiary/aromatic N) is 3. The number of nitrogen functional groups attached to an aromatic ring is 1. The zero-order valence-electron chi connectivity index (χ0n) is 21.1. The summed E-state index contributed by atoms with van der Waals surface area (Å²) in [5.41, 5.74) is 7.56. The van der Waals surface area contributed by atoms with Gasteiger partial charge >= 0.3 is 11.7 Å². The van der Waals surface area contributed by atoms with Crippen molar-refractivity contribution < 1.29 is 24.0 Å². The Balaban J connectivity index is 0.00000420. The van der Waals surface area contributed by atoms with Gasteiger partial charge in [0, 0.05) is 30.6 Å². The van der Waals surface area contributed by atoms with E-state index in [1.807, 2.05) is 0 Å². The molecule has 204 valence electrons. The predicted octanol–water partition coefficient (Wildman–Crippen LogP) is 3.84. The van der Waals surface area contributed by atoms with Crippen LogP contribution in [0.4, 0.5) is 5.69 Å². The average molecular weight is 554 g/mol. The number of carbonyl (C=O) groups is 2. The minimum Gasteiger partial charge on any atom is -0.485 e. The number of pyridine rings is 1. The molecule has 4 rings (SSSR count). The minimum absolute atomic E-state index is 0. The highest BCUT2D eigenvalue weighted by atomic mass is 35.5. The maximum absolute atomic E-state index is 13.2. The van der Waals surface area contributed by atoms with Crippen LogP contribution in [0.15, 0.2) is 67.0 Å². The number of nitro groups is 1. The number of nitrogens with one attached hydrogen (secondary N) is 1. The third kappa shape index (κ3) is 6.88. The lowest BCUT2D eigenvalue weighted by molar-refractivity contribution is -0.385. The summed E-state index contributed by atoms with van der Waals surface area (Å²) in [5.74, 6) is -0.745. The van der Waals surface area contributed by atoms with Crippen LogP contribution < -0.4 is 10.5 Å². The third-order valence-electron chi connectivity index (χ3n) is 6.47. The number of nitro benzene ring substituents is 1. The Kier molecular flexibility index (Phi) is 9.56. The summed E-state index contributed by atoms with van der Waals surface area (Å²) in [6.07, 6.45) is 3.68. The highest BCUT2D eigenvalue weighted by Gasteiger charge is 2.37. The van der Waals surface area contributed by atoms with E-state index in [2.05, 4.69) is 4.98 Å². The van der Waals surface area contributed by atoms with Gasteiger partial charge < -0.3 is 20.1 Å². The molecule has 3 N–H and O–H groups in total. The Bertz CT molecular complexity index is 1350. The first kappa shape index (κ1) is 29.1. The minimum atomic E-state index is -0.518. The Morgan fingerprint density at radius 3 is 2.49 bits per heavy atom. The number of ether oxygens (including phenoxy) is 2. The molecule has 0 saturated carbocycles. The molecular weight excluding hydrogens is 526 g/mol. The number of amidine groups is 1. The zero-order chi connectivity index (χ0) is 27.2. The van der Waals surface area contributed by atoms with Gasteiger partial charge in [0.05, 0.1) is 30.1 Å². The standard InChI is InChI=1S/C27H27N5O6.ClH/c1-37-25(33)12-17-11-22(31(15-17)27(34)21-3-2-10-30-14-21)16-38-24-9-8-20(13-23(24)32(35)36)18-4-6-19(7-5-18)26(28)29;/h2-10,13-14,17,22H,11-12,15-16H2,1H3,(H3,28,29);1H/t17-,22-;/m0./s1. The molecule has 11 nitrogen and oxygen atoms in total. The van der Waals surface area contributed by atoms with E-state index in [0.717, 1.165) is 5.56 Å². The second kappa shape index (κ2) is 12.8. The second-order valence-electron chi connectivity index (χ2n) is 8.98. The van der Waals surface area contributed by atoms with Crippen molar-refractivity contribution in [2.24, 2.45) is 11.7 Å². The number of esters is 1. The molecule has 12 heteroatoms. The van der Waals surface area contributed by atoms with Crippen LogP contribution in [0.5, 0.6) is 5.75 Å². The van der Waals surface area contributed by atoms with Crippen molar-refractivity contribution >= 4 is 35.8 Å². The van der Waals surface area contributed by atoms with E-state index >= 15 is 0 Å². The fourth-order valence-electron chi connectivity index (χ4n) is 4.53. The van der Waals surface area contributed by atoms with E-state index in [9.17, 15) is 19.7 Å². The average Bonchev–Trinajstić information content (AvgIpc) is 3.34. The van der Waals surface area contributed by atoms with Gasteiger partial charge in [0.25, 0.3) is 5.91 Å². The smallest absolute Gasteiger partial charge is 0.311 e. The van der Waals surface area contributed by atoms with Gasteiger partial charge in [-0.15, -0.1) is 12.4 Å². The Morgan fingerprint density at radius 1 is 1.15 bits per heavy atom. The molecule has 2 aromatic carbocycles. The van der Waals surface area contributed by atoms with Crippen LogP contribution >= 0.6 is 12.4 Å². The van der Waals surface area contributed by atoms with Crippen LogP contribution in [-0.4, -0.2) is 58.8 Å². The van der Waals surface area contributed by atoms with Crippen molar-refractivity contribution in [3.8, 4) is 16.9 Å². The van der Waals surface area contributed by atoms with E-state index in [-0.39, 0.29) is 60.5 Å². The highest BCUT2D eigenvalue weighted by molar-refractivity contribution is 5.95. The van der Waals surface area contributed by atoms with Gasteiger partial charge in [0.2, 0.25) is 0 Å². The summed E-state index contributed by atoms with van der Waals surface area (Å²) in [6, 6.07) is 14.4. The number of methoxy groups -OCH3 is 1. The number of likely N-dealkylation sites (tertiary alicyclic amines) is 1. The number of hydrogen-bond acceptors (Lipinski definition) is 8. The van der Waals surface area contributed by atoms with Crippen molar-refractivity contribution in [1.82, 2.24) is 9.88 Å². The monoisotopic (exact) mass is 553 g/mol. The van der Waals surface area contributed by atoms with Crippen molar-refractivity contribution in [2.75, 3.05) is 20.3 Å². The molecule has 2 atom stereocenters. The summed E-state index contributed by atoms with van der Waals surface area (Å²) in [4.78, 5) is 42.0. The van der Waals surface area contributed by atoms with Gasteiger partial charge in [-0.05, 0) is 41.7 Å². The first-order chi connectivity index (χ1) is 18.3. The first-order valence-corrected chi connectivity index (χ1v) is 11.9. The molecule has 39 heavy (non-hydrogen) atoms. The van der Waals surface area contributed by atoms with Gasteiger partial charge in [-0.3, -0.25) is 30.1 Å². The number of nitrogens with two attached hydrogens (primary N) is 1. The normalized spacial score (nSPS) is 16.2. The summed E-state index contributed by atoms with van der Waals surface area (Å²) < 4.78 is 10.7. The number of benzene rings is 2. The van der Waals surface area contributed by atoms with Gasteiger partial charge in [-0.25, -0.2) is 0 Å². The molecular formula is C27H28ClN5O6. The topological polar surface area (TPSA) is 162 Å². The Labute approximate surface area is 231 Å². The van der Waals surface area contributed by atoms with Crippen LogP contribution in [0.3, 0.4) is 0 Å². The maximum Gasteiger partial charge on any atom is 0.311 e. The van der Waals surface area contributed by atoms with Crippen LogP contribution in [0, 0.1) is 21.4 Å². The zero-order valence-corrected chi connectivity index (χ0v) is 21.9. The molecule has 1 saturated heterocycles. The summed E-state index contributed by atoms with van der Waals surface area (Å²) in [7, 11) is 1.32. The van der Waals surface area contributed by atoms with Crippen LogP contribution in [-0.2, 0) is 9.53 Å². The van der Waals surface area contributed by atoms with Crippen LogP contribution in [0.2, 0.25) is 0 Å². The van der Waals surface area contributed by atoms with Gasteiger partial charge in [0.15, 0.2) is 5.75 Å². The number of hydrogen-bond donors (Lipinski definition) is 2. The third-order valence-corrected chi connectivity index (χ3v) is 6.47. The molecule has 1 amide bonds. The fourth-order valence-corrected chi connectivity index (χ4v) is 4.53. The van der Waals surface area contributed by atoms with Crippen LogP contribution in [0.25, 0.3) is 11.1 Å². The lowest BCUT2D eigenvalue weighted by Gasteiger charge is -2.24. The lowest BCUT2D eigenvalue weighted by atomic mass is 10.0. The Morgan fingerprint density at radius 2 is 1.87 bits per heavy atom. The largest absolute Gasteiger partial charge is 0.485 e. The van der Waals surface area contributed by atoms with E-state index in [1.165, 1.54) is 25.4 Å². The first-order valence-electron chi connectivity index (χ1n) is 11.9. The van der Waals surface area contributed by atoms with Crippen molar-refractivity contribution in [1.29, 1.82) is 5.41 Å². The maximum atomic E-state index is 13.2.